The molecule has 0 aliphatic carbocycles. The summed E-state index contributed by atoms with van der Waals surface area (Å²) in [7, 11) is 0. The number of benzene rings is 1. The maximum absolute atomic E-state index is 6.00. The summed E-state index contributed by atoms with van der Waals surface area (Å²) in [6, 6.07) is 11.8. The van der Waals surface area contributed by atoms with Gasteiger partial charge in [0.05, 0.1) is 0 Å². The van der Waals surface area contributed by atoms with E-state index in [1.807, 2.05) is 50.2 Å². The van der Waals surface area contributed by atoms with Crippen molar-refractivity contribution in [2.45, 2.75) is 20.4 Å². The number of rotatable bonds is 3. The van der Waals surface area contributed by atoms with Crippen molar-refractivity contribution in [2.75, 3.05) is 0 Å². The third kappa shape index (κ3) is 2.58. The minimum absolute atomic E-state index is 0.395. The minimum atomic E-state index is 0.395. The van der Waals surface area contributed by atoms with Crippen molar-refractivity contribution in [1.82, 2.24) is 9.97 Å². The number of hydrogen-bond donors (Lipinski definition) is 1. The van der Waals surface area contributed by atoms with Gasteiger partial charge in [-0.2, -0.15) is 0 Å². The van der Waals surface area contributed by atoms with Crippen LogP contribution in [0.2, 0.25) is 0 Å². The van der Waals surface area contributed by atoms with Crippen molar-refractivity contribution in [3.63, 3.8) is 0 Å². The van der Waals surface area contributed by atoms with Gasteiger partial charge in [-0.25, -0.2) is 9.97 Å². The molecule has 4 nitrogen and oxygen atoms in total. The summed E-state index contributed by atoms with van der Waals surface area (Å²) in [5, 5.41) is 1.04. The molecule has 0 fully saturated rings. The van der Waals surface area contributed by atoms with Crippen LogP contribution in [0.5, 0.6) is 11.6 Å². The Kier molecular flexibility index (Phi) is 3.54. The molecular weight excluding hydrogens is 262 g/mol. The molecule has 0 amide bonds. The first kappa shape index (κ1) is 13.5. The highest BCUT2D eigenvalue weighted by atomic mass is 16.5. The zero-order valence-corrected chi connectivity index (χ0v) is 12.1. The first-order chi connectivity index (χ1) is 10.2. The number of hydrogen-bond acceptors (Lipinski definition) is 4. The van der Waals surface area contributed by atoms with Gasteiger partial charge in [0, 0.05) is 29.4 Å². The Hall–Kier alpha value is -2.46. The van der Waals surface area contributed by atoms with Crippen LogP contribution in [0, 0.1) is 13.8 Å². The lowest BCUT2D eigenvalue weighted by Gasteiger charge is -2.12. The lowest BCUT2D eigenvalue weighted by atomic mass is 10.1. The second-order valence-electron chi connectivity index (χ2n) is 5.00. The van der Waals surface area contributed by atoms with Crippen LogP contribution in [0.15, 0.2) is 42.6 Å². The molecule has 0 aliphatic rings. The van der Waals surface area contributed by atoms with Gasteiger partial charge in [0.1, 0.15) is 5.52 Å². The molecule has 4 heteroatoms. The predicted molar refractivity (Wildman–Crippen MR) is 83.4 cm³/mol. The zero-order chi connectivity index (χ0) is 14.8. The fourth-order valence-corrected chi connectivity index (χ4v) is 2.30. The quantitative estimate of drug-likeness (QED) is 0.797. The van der Waals surface area contributed by atoms with Gasteiger partial charge in [0.25, 0.3) is 0 Å². The Morgan fingerprint density at radius 3 is 2.76 bits per heavy atom. The molecule has 21 heavy (non-hydrogen) atoms. The number of pyridine rings is 2. The summed E-state index contributed by atoms with van der Waals surface area (Å²) in [5.41, 5.74) is 9.59. The SMILES string of the molecule is Cc1ccc2cccc(Oc3nccc(C)c3CN)c2n1. The van der Waals surface area contributed by atoms with E-state index in [0.29, 0.717) is 18.2 Å². The smallest absolute Gasteiger partial charge is 0.224 e. The van der Waals surface area contributed by atoms with Gasteiger partial charge in [-0.3, -0.25) is 0 Å². The molecule has 0 saturated carbocycles. The van der Waals surface area contributed by atoms with E-state index in [1.165, 1.54) is 0 Å². The van der Waals surface area contributed by atoms with Gasteiger partial charge in [-0.15, -0.1) is 0 Å². The van der Waals surface area contributed by atoms with E-state index >= 15 is 0 Å². The number of aryl methyl sites for hydroxylation is 2. The normalized spacial score (nSPS) is 10.8. The number of ether oxygens (including phenoxy) is 1. The summed E-state index contributed by atoms with van der Waals surface area (Å²) in [4.78, 5) is 8.87. The van der Waals surface area contributed by atoms with E-state index in [4.69, 9.17) is 10.5 Å². The maximum Gasteiger partial charge on any atom is 0.224 e. The van der Waals surface area contributed by atoms with Crippen molar-refractivity contribution in [3.8, 4) is 11.6 Å². The lowest BCUT2D eigenvalue weighted by molar-refractivity contribution is 0.459. The fourth-order valence-electron chi connectivity index (χ4n) is 2.30. The summed E-state index contributed by atoms with van der Waals surface area (Å²) in [6.45, 7) is 4.36. The van der Waals surface area contributed by atoms with E-state index in [-0.39, 0.29) is 0 Å². The standard InChI is InChI=1S/C17H17N3O/c1-11-8-9-19-17(14(11)10-18)21-15-5-3-4-13-7-6-12(2)20-16(13)15/h3-9H,10,18H2,1-2H3. The highest BCUT2D eigenvalue weighted by Crippen LogP contribution is 2.30. The molecule has 3 aromatic rings. The maximum atomic E-state index is 6.00. The fraction of sp³-hybridized carbons (Fsp3) is 0.176. The van der Waals surface area contributed by atoms with Crippen LogP contribution < -0.4 is 10.5 Å². The van der Waals surface area contributed by atoms with E-state index in [2.05, 4.69) is 9.97 Å². The average molecular weight is 279 g/mol. The van der Waals surface area contributed by atoms with Gasteiger partial charge < -0.3 is 10.5 Å². The predicted octanol–water partition coefficient (Wildman–Crippen LogP) is 3.50. The minimum Gasteiger partial charge on any atom is -0.436 e. The molecular formula is C17H17N3O. The molecule has 0 radical (unpaired) electrons. The van der Waals surface area contributed by atoms with Crippen LogP contribution >= 0.6 is 0 Å². The largest absolute Gasteiger partial charge is 0.436 e. The van der Waals surface area contributed by atoms with Gasteiger partial charge >= 0.3 is 0 Å². The summed E-state index contributed by atoms with van der Waals surface area (Å²) in [6.07, 6.45) is 1.73. The first-order valence-electron chi connectivity index (χ1n) is 6.88. The van der Waals surface area contributed by atoms with E-state index in [9.17, 15) is 0 Å². The highest BCUT2D eigenvalue weighted by Gasteiger charge is 2.11. The van der Waals surface area contributed by atoms with Crippen LogP contribution in [0.1, 0.15) is 16.8 Å². The van der Waals surface area contributed by atoms with Crippen LogP contribution in [0.25, 0.3) is 10.9 Å². The molecule has 2 N–H and O–H groups in total. The molecule has 2 aromatic heterocycles. The average Bonchev–Trinajstić information content (AvgIpc) is 2.48. The molecule has 1 aromatic carbocycles. The number of nitrogens with two attached hydrogens (primary N) is 1. The lowest BCUT2D eigenvalue weighted by Crippen LogP contribution is -2.04. The van der Waals surface area contributed by atoms with Crippen molar-refractivity contribution in [3.05, 3.63) is 59.4 Å². The number of nitrogens with zero attached hydrogens (tertiary/aromatic N) is 2. The van der Waals surface area contributed by atoms with Gasteiger partial charge in [0.15, 0.2) is 5.75 Å². The molecule has 0 spiro atoms. The van der Waals surface area contributed by atoms with Crippen LogP contribution in [-0.4, -0.2) is 9.97 Å². The summed E-state index contributed by atoms with van der Waals surface area (Å²) < 4.78 is 6.00. The Morgan fingerprint density at radius 2 is 1.95 bits per heavy atom. The Balaban J connectivity index is 2.10. The van der Waals surface area contributed by atoms with Crippen LogP contribution in [0.4, 0.5) is 0 Å². The molecule has 3 rings (SSSR count). The second kappa shape index (κ2) is 5.50. The Bertz CT molecular complexity index is 799. The summed E-state index contributed by atoms with van der Waals surface area (Å²) in [5.74, 6) is 1.25. The molecule has 0 unspecified atom stereocenters. The van der Waals surface area contributed by atoms with Gasteiger partial charge in [-0.05, 0) is 37.6 Å². The second-order valence-corrected chi connectivity index (χ2v) is 5.00. The molecule has 0 atom stereocenters. The molecule has 2 heterocycles. The number of fused-ring (bicyclic) bond motifs is 1. The van der Waals surface area contributed by atoms with E-state index in [1.54, 1.807) is 6.20 Å². The van der Waals surface area contributed by atoms with Crippen molar-refractivity contribution in [1.29, 1.82) is 0 Å². The third-order valence-corrected chi connectivity index (χ3v) is 3.48. The summed E-state index contributed by atoms with van der Waals surface area (Å²) >= 11 is 0. The first-order valence-corrected chi connectivity index (χ1v) is 6.88. The molecule has 0 bridgehead atoms. The van der Waals surface area contributed by atoms with Gasteiger partial charge in [0.2, 0.25) is 5.88 Å². The Morgan fingerprint density at radius 1 is 1.10 bits per heavy atom. The third-order valence-electron chi connectivity index (χ3n) is 3.48. The van der Waals surface area contributed by atoms with Gasteiger partial charge in [-0.1, -0.05) is 18.2 Å². The topological polar surface area (TPSA) is 61.0 Å². The molecule has 0 saturated heterocycles. The van der Waals surface area contributed by atoms with Crippen LogP contribution in [0.3, 0.4) is 0 Å². The number of para-hydroxylation sites is 1. The van der Waals surface area contributed by atoms with E-state index < -0.39 is 0 Å². The Labute approximate surface area is 123 Å². The zero-order valence-electron chi connectivity index (χ0n) is 12.1. The molecule has 106 valence electrons. The van der Waals surface area contributed by atoms with E-state index in [0.717, 1.165) is 27.7 Å². The molecule has 0 aliphatic heterocycles. The monoisotopic (exact) mass is 279 g/mol. The van der Waals surface area contributed by atoms with Crippen LogP contribution in [-0.2, 0) is 6.54 Å². The van der Waals surface area contributed by atoms with Crippen molar-refractivity contribution >= 4 is 10.9 Å². The number of aromatic nitrogens is 2. The van der Waals surface area contributed by atoms with Crippen molar-refractivity contribution in [2.24, 2.45) is 5.73 Å². The highest BCUT2D eigenvalue weighted by molar-refractivity contribution is 5.84. The van der Waals surface area contributed by atoms with Crippen molar-refractivity contribution < 1.29 is 4.74 Å².